The predicted molar refractivity (Wildman–Crippen MR) is 160 cm³/mol. The minimum Gasteiger partial charge on any atom is -0.489 e. The van der Waals surface area contributed by atoms with Gasteiger partial charge in [0.1, 0.15) is 24.2 Å². The fourth-order valence-electron chi connectivity index (χ4n) is 5.37. The molecule has 0 spiro atoms. The smallest absolute Gasteiger partial charge is 0.323 e. The summed E-state index contributed by atoms with van der Waals surface area (Å²) in [5.74, 6) is -0.610. The van der Waals surface area contributed by atoms with Gasteiger partial charge in [0.2, 0.25) is 0 Å². The number of benzene rings is 3. The Hall–Kier alpha value is -3.30. The van der Waals surface area contributed by atoms with Gasteiger partial charge in [-0.1, -0.05) is 48.0 Å². The van der Waals surface area contributed by atoms with E-state index in [0.29, 0.717) is 28.3 Å². The van der Waals surface area contributed by atoms with Crippen molar-refractivity contribution in [3.8, 4) is 16.9 Å². The molecule has 1 unspecified atom stereocenters. The number of fused-ring (bicyclic) bond motifs is 1. The molecule has 3 aromatic carbocycles. The van der Waals surface area contributed by atoms with Crippen molar-refractivity contribution in [1.29, 1.82) is 0 Å². The van der Waals surface area contributed by atoms with Crippen LogP contribution in [0.5, 0.6) is 5.75 Å². The van der Waals surface area contributed by atoms with Crippen molar-refractivity contribution in [3.05, 3.63) is 116 Å². The van der Waals surface area contributed by atoms with E-state index in [1.807, 2.05) is 36.4 Å². The molecule has 0 bridgehead atoms. The maximum Gasteiger partial charge on any atom is 0.323 e. The van der Waals surface area contributed by atoms with Gasteiger partial charge >= 0.3 is 5.97 Å². The summed E-state index contributed by atoms with van der Waals surface area (Å²) in [4.78, 5) is 15.6. The first-order chi connectivity index (χ1) is 19.8. The Balaban J connectivity index is 1.42. The van der Waals surface area contributed by atoms with Gasteiger partial charge in [0.25, 0.3) is 0 Å². The number of aromatic nitrogens is 1. The van der Waals surface area contributed by atoms with Crippen LogP contribution in [0.15, 0.2) is 77.5 Å². The van der Waals surface area contributed by atoms with Crippen molar-refractivity contribution in [2.45, 2.75) is 44.4 Å². The zero-order valence-electron chi connectivity index (χ0n) is 22.1. The number of rotatable bonds is 11. The summed E-state index contributed by atoms with van der Waals surface area (Å²) in [6, 6.07) is 17.4. The minimum atomic E-state index is -1.15. The third-order valence-corrected chi connectivity index (χ3v) is 8.22. The summed E-state index contributed by atoms with van der Waals surface area (Å²) in [5, 5.41) is 22.2. The van der Waals surface area contributed by atoms with E-state index in [1.54, 1.807) is 24.5 Å². The molecule has 212 valence electrons. The van der Waals surface area contributed by atoms with Gasteiger partial charge in [0, 0.05) is 45.1 Å². The summed E-state index contributed by atoms with van der Waals surface area (Å²) < 4.78 is 21.7. The van der Waals surface area contributed by atoms with Crippen LogP contribution in [0.3, 0.4) is 0 Å². The van der Waals surface area contributed by atoms with E-state index in [-0.39, 0.29) is 24.9 Å². The van der Waals surface area contributed by atoms with Crippen LogP contribution in [0, 0.1) is 5.82 Å². The molecule has 3 N–H and O–H groups in total. The molecule has 1 aromatic heterocycles. The molecule has 0 amide bonds. The maximum absolute atomic E-state index is 14.6. The first-order valence-corrected chi connectivity index (χ1v) is 14.5. The fourth-order valence-corrected chi connectivity index (χ4v) is 6.05. The normalized spacial score (nSPS) is 15.0. The van der Waals surface area contributed by atoms with Crippen molar-refractivity contribution in [3.63, 3.8) is 0 Å². The van der Waals surface area contributed by atoms with Crippen molar-refractivity contribution in [2.24, 2.45) is 0 Å². The SMILES string of the molecule is O=C(O)C(CO)NCc1cc(Cl)c(C[C@H]2CCc3c(-c4ccccc4F)cccc32)cc1OCc1cncc(Br)c1. The molecule has 0 saturated carbocycles. The first kappa shape index (κ1) is 29.2. The predicted octanol–water partition coefficient (Wildman–Crippen LogP) is 6.69. The third-order valence-electron chi connectivity index (χ3n) is 7.43. The summed E-state index contributed by atoms with van der Waals surface area (Å²) in [6.07, 6.45) is 5.84. The van der Waals surface area contributed by atoms with Gasteiger partial charge in [-0.3, -0.25) is 15.1 Å². The summed E-state index contributed by atoms with van der Waals surface area (Å²) >= 11 is 10.2. The molecule has 0 aliphatic heterocycles. The average Bonchev–Trinajstić information content (AvgIpc) is 3.37. The summed E-state index contributed by atoms with van der Waals surface area (Å²) in [7, 11) is 0. The molecule has 41 heavy (non-hydrogen) atoms. The molecule has 9 heteroatoms. The maximum atomic E-state index is 14.6. The molecule has 4 aromatic rings. The molecule has 1 aliphatic rings. The van der Waals surface area contributed by atoms with Crippen LogP contribution in [0.25, 0.3) is 11.1 Å². The van der Waals surface area contributed by atoms with Crippen LogP contribution in [0.2, 0.25) is 5.02 Å². The lowest BCUT2D eigenvalue weighted by atomic mass is 9.90. The van der Waals surface area contributed by atoms with Crippen molar-refractivity contribution < 1.29 is 24.1 Å². The molecule has 6 nitrogen and oxygen atoms in total. The number of aliphatic carboxylic acids is 1. The number of hydrogen-bond acceptors (Lipinski definition) is 5. The van der Waals surface area contributed by atoms with Crippen LogP contribution in [0.1, 0.15) is 40.2 Å². The first-order valence-electron chi connectivity index (χ1n) is 13.3. The molecule has 2 atom stereocenters. The van der Waals surface area contributed by atoms with Gasteiger partial charge in [-0.2, -0.15) is 0 Å². The van der Waals surface area contributed by atoms with E-state index < -0.39 is 18.6 Å². The van der Waals surface area contributed by atoms with Crippen LogP contribution < -0.4 is 10.1 Å². The third kappa shape index (κ3) is 6.79. The molecular formula is C32H29BrClFN2O4. The van der Waals surface area contributed by atoms with Crippen LogP contribution in [0.4, 0.5) is 4.39 Å². The van der Waals surface area contributed by atoms with E-state index in [1.165, 1.54) is 17.2 Å². The molecule has 0 saturated heterocycles. The molecule has 0 fully saturated rings. The van der Waals surface area contributed by atoms with Gasteiger partial charge in [0.15, 0.2) is 0 Å². The number of aliphatic hydroxyl groups excluding tert-OH is 1. The zero-order valence-corrected chi connectivity index (χ0v) is 24.5. The van der Waals surface area contributed by atoms with Crippen LogP contribution in [-0.2, 0) is 30.8 Å². The monoisotopic (exact) mass is 638 g/mol. The molecule has 1 heterocycles. The number of aliphatic hydroxyl groups is 1. The highest BCUT2D eigenvalue weighted by molar-refractivity contribution is 9.10. The van der Waals surface area contributed by atoms with E-state index in [4.69, 9.17) is 16.3 Å². The lowest BCUT2D eigenvalue weighted by Gasteiger charge is -2.19. The van der Waals surface area contributed by atoms with Crippen LogP contribution in [-0.4, -0.2) is 33.8 Å². The molecule has 1 aliphatic carbocycles. The number of nitrogens with zero attached hydrogens (tertiary/aromatic N) is 1. The van der Waals surface area contributed by atoms with Gasteiger partial charge in [-0.15, -0.1) is 0 Å². The number of carbonyl (C=O) groups is 1. The minimum absolute atomic E-state index is 0.141. The van der Waals surface area contributed by atoms with Crippen molar-refractivity contribution in [2.75, 3.05) is 6.61 Å². The largest absolute Gasteiger partial charge is 0.489 e. The van der Waals surface area contributed by atoms with Crippen molar-refractivity contribution >= 4 is 33.5 Å². The van der Waals surface area contributed by atoms with E-state index in [2.05, 4.69) is 32.3 Å². The highest BCUT2D eigenvalue weighted by Crippen LogP contribution is 2.42. The van der Waals surface area contributed by atoms with E-state index in [0.717, 1.165) is 34.0 Å². The van der Waals surface area contributed by atoms with Crippen LogP contribution >= 0.6 is 27.5 Å². The van der Waals surface area contributed by atoms with Gasteiger partial charge < -0.3 is 14.9 Å². The number of hydrogen-bond donors (Lipinski definition) is 3. The van der Waals surface area contributed by atoms with Crippen molar-refractivity contribution in [1.82, 2.24) is 10.3 Å². The Kier molecular flexibility index (Phi) is 9.35. The number of halogens is 3. The Morgan fingerprint density at radius 1 is 1.12 bits per heavy atom. The second-order valence-electron chi connectivity index (χ2n) is 10.1. The standard InChI is InChI=1S/C32H29BrClFN2O4/c33-23-10-19(14-36-16-23)18-41-31-13-21(28(34)12-22(31)15-37-30(17-38)32(39)40)11-20-8-9-26-24(20)5-3-6-25(26)27-4-1-2-7-29(27)35/h1-7,10,12-14,16,20,30,37-38H,8-9,11,15,17-18H2,(H,39,40)/t20-,30?/m1/s1. The Morgan fingerprint density at radius 2 is 1.93 bits per heavy atom. The Morgan fingerprint density at radius 3 is 2.68 bits per heavy atom. The zero-order chi connectivity index (χ0) is 28.9. The van der Waals surface area contributed by atoms with E-state index in [9.17, 15) is 19.4 Å². The Labute approximate surface area is 251 Å². The summed E-state index contributed by atoms with van der Waals surface area (Å²) in [5.41, 5.74) is 6.35. The molecular weight excluding hydrogens is 611 g/mol. The second kappa shape index (κ2) is 13.1. The highest BCUT2D eigenvalue weighted by Gasteiger charge is 2.27. The average molecular weight is 640 g/mol. The highest BCUT2D eigenvalue weighted by atomic mass is 79.9. The van der Waals surface area contributed by atoms with Gasteiger partial charge in [-0.05, 0) is 87.6 Å². The Bertz CT molecular complexity index is 1570. The second-order valence-corrected chi connectivity index (χ2v) is 11.4. The number of ether oxygens (including phenoxy) is 1. The molecule has 5 rings (SSSR count). The number of nitrogens with one attached hydrogen (secondary N) is 1. The number of carboxylic acids is 1. The number of pyridine rings is 1. The quantitative estimate of drug-likeness (QED) is 0.169. The summed E-state index contributed by atoms with van der Waals surface area (Å²) in [6.45, 7) is -0.153. The molecule has 0 radical (unpaired) electrons. The number of carboxylic acid groups (broad SMARTS) is 1. The lowest BCUT2D eigenvalue weighted by Crippen LogP contribution is -2.39. The van der Waals surface area contributed by atoms with Gasteiger partial charge in [-0.25, -0.2) is 4.39 Å². The fraction of sp³-hybridized carbons (Fsp3) is 0.250. The lowest BCUT2D eigenvalue weighted by molar-refractivity contribution is -0.140. The van der Waals surface area contributed by atoms with Gasteiger partial charge in [0.05, 0.1) is 6.61 Å². The van der Waals surface area contributed by atoms with E-state index >= 15 is 0 Å². The topological polar surface area (TPSA) is 91.7 Å².